The highest BCUT2D eigenvalue weighted by Gasteiger charge is 2.58. The van der Waals surface area contributed by atoms with Crippen LogP contribution in [0.15, 0.2) is 10.5 Å². The number of carbonyl (C=O) groups excluding carboxylic acids is 4. The Morgan fingerprint density at radius 2 is 2.02 bits per heavy atom. The van der Waals surface area contributed by atoms with Gasteiger partial charge in [-0.15, -0.1) is 34.9 Å². The molecule has 226 valence electrons. The first-order chi connectivity index (χ1) is 19.4. The van der Waals surface area contributed by atoms with Gasteiger partial charge in [-0.05, 0) is 20.8 Å². The van der Waals surface area contributed by atoms with E-state index in [9.17, 15) is 19.2 Å². The van der Waals surface area contributed by atoms with Crippen molar-refractivity contribution in [1.29, 1.82) is 0 Å². The van der Waals surface area contributed by atoms with Crippen molar-refractivity contribution < 1.29 is 43.0 Å². The Balaban J connectivity index is 1.42. The van der Waals surface area contributed by atoms with E-state index >= 15 is 0 Å². The van der Waals surface area contributed by atoms with E-state index in [4.69, 9.17) is 29.5 Å². The topological polar surface area (TPSA) is 181 Å². The lowest BCUT2D eigenvalue weighted by Crippen LogP contribution is -2.75. The van der Waals surface area contributed by atoms with E-state index in [0.29, 0.717) is 24.7 Å². The number of esters is 2. The molecule has 3 N–H and O–H groups in total. The fourth-order valence-electron chi connectivity index (χ4n) is 4.12. The highest BCUT2D eigenvalue weighted by molar-refractivity contribution is 8.05. The molecule has 3 aliphatic heterocycles. The lowest BCUT2D eigenvalue weighted by atomic mass is 9.98. The average molecular weight is 632 g/mol. The van der Waals surface area contributed by atoms with Crippen LogP contribution in [-0.2, 0) is 43.0 Å². The van der Waals surface area contributed by atoms with Crippen LogP contribution in [0.5, 0.6) is 0 Å². The molecular formula is C24H33N5O9S3. The quantitative estimate of drug-likeness (QED) is 0.121. The van der Waals surface area contributed by atoms with Crippen LogP contribution < -0.4 is 11.1 Å². The molecule has 3 fully saturated rings. The van der Waals surface area contributed by atoms with E-state index in [1.54, 1.807) is 26.2 Å². The maximum absolute atomic E-state index is 13.4. The number of oxime groups is 1. The number of hydrogen-bond donors (Lipinski definition) is 2. The fourth-order valence-corrected chi connectivity index (χ4v) is 7.74. The lowest BCUT2D eigenvalue weighted by molar-refractivity contribution is -0.175. The number of rotatable bonds is 10. The van der Waals surface area contributed by atoms with Gasteiger partial charge in [-0.2, -0.15) is 0 Å². The number of nitrogens with zero attached hydrogens (tertiary/aromatic N) is 3. The molecule has 0 bridgehead atoms. The number of nitrogen functional groups attached to an aromatic ring is 1. The smallest absolute Gasteiger partial charge is 0.327 e. The van der Waals surface area contributed by atoms with Gasteiger partial charge >= 0.3 is 11.9 Å². The maximum atomic E-state index is 13.4. The first-order valence-electron chi connectivity index (χ1n) is 12.6. The van der Waals surface area contributed by atoms with Crippen LogP contribution in [0.4, 0.5) is 5.13 Å². The molecule has 0 radical (unpaired) electrons. The number of hydrogen-bond acceptors (Lipinski definition) is 15. The second kappa shape index (κ2) is 13.1. The van der Waals surface area contributed by atoms with Gasteiger partial charge in [0.05, 0.1) is 18.6 Å². The zero-order valence-electron chi connectivity index (χ0n) is 23.1. The van der Waals surface area contributed by atoms with E-state index in [-0.39, 0.29) is 41.7 Å². The van der Waals surface area contributed by atoms with Gasteiger partial charge in [-0.25, -0.2) is 4.98 Å². The third-order valence-corrected chi connectivity index (χ3v) is 10.4. The number of ether oxygens (including phenoxy) is 4. The number of fused-ring (bicyclic) bond motifs is 1. The number of nitrogens with one attached hydrogen (secondary N) is 1. The van der Waals surface area contributed by atoms with Gasteiger partial charge in [-0.1, -0.05) is 5.16 Å². The molecule has 17 heteroatoms. The first kappa shape index (κ1) is 31.3. The molecule has 41 heavy (non-hydrogen) atoms. The maximum Gasteiger partial charge on any atom is 0.327 e. The summed E-state index contributed by atoms with van der Waals surface area (Å²) in [4.78, 5) is 62.2. The number of thioether (sulfide) groups is 2. The molecule has 0 saturated carbocycles. The summed E-state index contributed by atoms with van der Waals surface area (Å²) in [5.41, 5.74) is 5.05. The summed E-state index contributed by atoms with van der Waals surface area (Å²) in [6.45, 7) is 5.82. The van der Waals surface area contributed by atoms with Crippen LogP contribution in [0, 0.1) is 11.3 Å². The van der Waals surface area contributed by atoms with Crippen molar-refractivity contribution in [3.8, 4) is 0 Å². The summed E-state index contributed by atoms with van der Waals surface area (Å²) in [6, 6.07) is -0.836. The van der Waals surface area contributed by atoms with Crippen LogP contribution >= 0.6 is 34.9 Å². The number of thiazole rings is 1. The van der Waals surface area contributed by atoms with Crippen molar-refractivity contribution in [2.45, 2.75) is 36.9 Å². The van der Waals surface area contributed by atoms with E-state index in [1.165, 1.54) is 35.5 Å². The molecule has 14 nitrogen and oxygen atoms in total. The van der Waals surface area contributed by atoms with Gasteiger partial charge in [0.1, 0.15) is 35.8 Å². The second-order valence-electron chi connectivity index (χ2n) is 10.6. The fraction of sp³-hybridized carbons (Fsp3) is 0.667. The minimum atomic E-state index is -1.13. The van der Waals surface area contributed by atoms with Crippen molar-refractivity contribution in [3.63, 3.8) is 0 Å². The Hall–Kier alpha value is -2.60. The molecule has 4 rings (SSSR count). The summed E-state index contributed by atoms with van der Waals surface area (Å²) < 4.78 is 20.2. The molecule has 1 aromatic rings. The Bertz CT molecular complexity index is 1180. The largest absolute Gasteiger partial charge is 0.427 e. The summed E-state index contributed by atoms with van der Waals surface area (Å²) in [5, 5.41) is 7.88. The Kier molecular flexibility index (Phi) is 10.0. The molecule has 0 aromatic carbocycles. The van der Waals surface area contributed by atoms with Crippen molar-refractivity contribution in [2.75, 3.05) is 57.7 Å². The van der Waals surface area contributed by atoms with Crippen molar-refractivity contribution >= 4 is 69.5 Å². The standard InChI is InChI=1S/C24H33N5O9S3/c1-23(2,3)20(32)37-12-38-21(33)24(41-7-13-5-35-11-36-6-13)9-29-18(31)16(19(29)40-10-24)27-17(30)15(28-34-4)14-8-39-22(25)26-14/h8,13,16,19H,5-7,9-12H2,1-4H3,(H2,25,26)(H,27,30)/t16?,19-,24?/m1/s1. The van der Waals surface area contributed by atoms with Gasteiger partial charge in [-0.3, -0.25) is 19.2 Å². The summed E-state index contributed by atoms with van der Waals surface area (Å²) in [6.07, 6.45) is 0. The SMILES string of the molecule is CON=C(C(=O)NC1C(=O)N2CC(SCC3COCOC3)(C(=O)OCOC(=O)C(C)(C)C)CS[C@H]12)c1csc(N)n1. The lowest BCUT2D eigenvalue weighted by Gasteiger charge is -2.53. The van der Waals surface area contributed by atoms with Crippen molar-refractivity contribution in [2.24, 2.45) is 16.5 Å². The Morgan fingerprint density at radius 3 is 2.66 bits per heavy atom. The van der Waals surface area contributed by atoms with Gasteiger partial charge in [0.2, 0.25) is 12.7 Å². The minimum Gasteiger partial charge on any atom is -0.427 e. The van der Waals surface area contributed by atoms with Gasteiger partial charge in [0.25, 0.3) is 5.91 Å². The molecule has 3 atom stereocenters. The molecule has 4 heterocycles. The van der Waals surface area contributed by atoms with Crippen molar-refractivity contribution in [3.05, 3.63) is 11.1 Å². The minimum absolute atomic E-state index is 0.0530. The third-order valence-electron chi connectivity index (χ3n) is 6.34. The third kappa shape index (κ3) is 7.25. The number of carbonyl (C=O) groups is 4. The van der Waals surface area contributed by atoms with Gasteiger partial charge in [0, 0.05) is 29.3 Å². The summed E-state index contributed by atoms with van der Waals surface area (Å²) >= 11 is 3.85. The zero-order chi connectivity index (χ0) is 29.8. The number of anilines is 1. The first-order valence-corrected chi connectivity index (χ1v) is 15.6. The van der Waals surface area contributed by atoms with E-state index in [1.807, 2.05) is 0 Å². The van der Waals surface area contributed by atoms with E-state index in [2.05, 4.69) is 15.5 Å². The van der Waals surface area contributed by atoms with E-state index < -0.39 is 46.2 Å². The number of amides is 2. The zero-order valence-corrected chi connectivity index (χ0v) is 25.5. The molecule has 2 unspecified atom stereocenters. The monoisotopic (exact) mass is 631 g/mol. The van der Waals surface area contributed by atoms with Crippen LogP contribution in [0.3, 0.4) is 0 Å². The summed E-state index contributed by atoms with van der Waals surface area (Å²) in [5.74, 6) is -1.22. The number of aromatic nitrogens is 1. The highest BCUT2D eigenvalue weighted by atomic mass is 32.2. The molecule has 3 aliphatic rings. The molecular weight excluding hydrogens is 598 g/mol. The second-order valence-corrected chi connectivity index (χ2v) is 14.0. The highest BCUT2D eigenvalue weighted by Crippen LogP contribution is 2.45. The molecule has 0 spiro atoms. The predicted octanol–water partition coefficient (Wildman–Crippen LogP) is 0.658. The van der Waals surface area contributed by atoms with Crippen LogP contribution in [0.2, 0.25) is 0 Å². The summed E-state index contributed by atoms with van der Waals surface area (Å²) in [7, 11) is 1.29. The Labute approximate surface area is 249 Å². The van der Waals surface area contributed by atoms with Crippen LogP contribution in [0.1, 0.15) is 26.5 Å². The molecule has 3 saturated heterocycles. The average Bonchev–Trinajstić information content (AvgIpc) is 3.38. The van der Waals surface area contributed by atoms with E-state index in [0.717, 1.165) is 11.3 Å². The molecule has 0 aliphatic carbocycles. The normalized spacial score (nSPS) is 25.1. The van der Waals surface area contributed by atoms with Crippen LogP contribution in [0.25, 0.3) is 0 Å². The van der Waals surface area contributed by atoms with Crippen LogP contribution in [-0.4, -0.2) is 107 Å². The predicted molar refractivity (Wildman–Crippen MR) is 152 cm³/mol. The van der Waals surface area contributed by atoms with Gasteiger partial charge in [0.15, 0.2) is 10.8 Å². The van der Waals surface area contributed by atoms with Crippen molar-refractivity contribution in [1.82, 2.24) is 15.2 Å². The number of β-lactam (4-membered cyclic amide) rings is 1. The number of nitrogens with two attached hydrogens (primary N) is 1. The Morgan fingerprint density at radius 1 is 1.29 bits per heavy atom. The van der Waals surface area contributed by atoms with Gasteiger partial charge < -0.3 is 39.7 Å². The molecule has 1 aromatic heterocycles. The molecule has 2 amide bonds.